The summed E-state index contributed by atoms with van der Waals surface area (Å²) in [6.45, 7) is 8.25. The number of rotatable bonds is 6. The summed E-state index contributed by atoms with van der Waals surface area (Å²) in [5, 5.41) is 6.52. The van der Waals surface area contributed by atoms with E-state index >= 15 is 0 Å². The first kappa shape index (κ1) is 14.8. The molecule has 2 aliphatic heterocycles. The first-order chi connectivity index (χ1) is 9.27. The van der Waals surface area contributed by atoms with E-state index in [4.69, 9.17) is 0 Å². The fraction of sp³-hybridized carbons (Fsp3) is 0.933. The molecule has 2 saturated heterocycles. The van der Waals surface area contributed by atoms with Gasteiger partial charge in [0.05, 0.1) is 5.41 Å². The van der Waals surface area contributed by atoms with Gasteiger partial charge in [0.25, 0.3) is 0 Å². The standard InChI is InChI=1S/C15H29N3O/c1-2-6-15(7-8-16-13-15)14(19)17-9-12-18-10-4-3-5-11-18/h16H,2-13H2,1H3,(H,17,19). The molecule has 0 bridgehead atoms. The Morgan fingerprint density at radius 3 is 2.74 bits per heavy atom. The van der Waals surface area contributed by atoms with Crippen LogP contribution in [0.25, 0.3) is 0 Å². The maximum absolute atomic E-state index is 12.4. The molecule has 19 heavy (non-hydrogen) atoms. The Bertz CT molecular complexity index is 281. The first-order valence-electron chi connectivity index (χ1n) is 7.98. The van der Waals surface area contributed by atoms with Gasteiger partial charge in [-0.05, 0) is 45.3 Å². The number of likely N-dealkylation sites (tertiary alicyclic amines) is 1. The van der Waals surface area contributed by atoms with E-state index in [1.807, 2.05) is 0 Å². The minimum absolute atomic E-state index is 0.128. The third-order valence-corrected chi connectivity index (χ3v) is 4.62. The highest BCUT2D eigenvalue weighted by Gasteiger charge is 2.39. The van der Waals surface area contributed by atoms with Crippen molar-refractivity contribution >= 4 is 5.91 Å². The van der Waals surface area contributed by atoms with Crippen LogP contribution < -0.4 is 10.6 Å². The van der Waals surface area contributed by atoms with Gasteiger partial charge in [-0.1, -0.05) is 19.8 Å². The predicted molar refractivity (Wildman–Crippen MR) is 78.1 cm³/mol. The van der Waals surface area contributed by atoms with E-state index in [-0.39, 0.29) is 11.3 Å². The topological polar surface area (TPSA) is 44.4 Å². The van der Waals surface area contributed by atoms with Gasteiger partial charge in [-0.15, -0.1) is 0 Å². The molecule has 2 aliphatic rings. The Balaban J connectivity index is 1.73. The smallest absolute Gasteiger partial charge is 0.227 e. The van der Waals surface area contributed by atoms with Gasteiger partial charge in [0.1, 0.15) is 0 Å². The van der Waals surface area contributed by atoms with Crippen LogP contribution in [0.2, 0.25) is 0 Å². The van der Waals surface area contributed by atoms with Crippen molar-refractivity contribution in [2.24, 2.45) is 5.41 Å². The molecule has 0 aromatic heterocycles. The molecule has 2 rings (SSSR count). The molecule has 4 heteroatoms. The number of piperidine rings is 1. The molecular formula is C15H29N3O. The zero-order chi connectivity index (χ0) is 13.6. The van der Waals surface area contributed by atoms with Crippen LogP contribution >= 0.6 is 0 Å². The van der Waals surface area contributed by atoms with Gasteiger partial charge in [-0.3, -0.25) is 4.79 Å². The van der Waals surface area contributed by atoms with Crippen molar-refractivity contribution in [1.29, 1.82) is 0 Å². The fourth-order valence-electron chi connectivity index (χ4n) is 3.44. The van der Waals surface area contributed by atoms with Gasteiger partial charge in [0, 0.05) is 19.6 Å². The molecule has 0 saturated carbocycles. The molecule has 2 fully saturated rings. The van der Waals surface area contributed by atoms with E-state index in [0.717, 1.165) is 45.4 Å². The van der Waals surface area contributed by atoms with Crippen LogP contribution in [0.3, 0.4) is 0 Å². The Hall–Kier alpha value is -0.610. The van der Waals surface area contributed by atoms with Crippen LogP contribution in [0.1, 0.15) is 45.4 Å². The van der Waals surface area contributed by atoms with E-state index in [9.17, 15) is 4.79 Å². The van der Waals surface area contributed by atoms with Gasteiger partial charge < -0.3 is 15.5 Å². The molecule has 1 atom stereocenters. The van der Waals surface area contributed by atoms with Crippen molar-refractivity contribution in [3.8, 4) is 0 Å². The maximum Gasteiger partial charge on any atom is 0.227 e. The molecule has 110 valence electrons. The van der Waals surface area contributed by atoms with Crippen molar-refractivity contribution in [1.82, 2.24) is 15.5 Å². The molecule has 0 aromatic carbocycles. The van der Waals surface area contributed by atoms with Crippen LogP contribution in [-0.2, 0) is 4.79 Å². The van der Waals surface area contributed by atoms with Crippen molar-refractivity contribution in [3.05, 3.63) is 0 Å². The molecule has 0 radical (unpaired) electrons. The van der Waals surface area contributed by atoms with E-state index in [1.165, 1.54) is 32.4 Å². The number of hydrogen-bond acceptors (Lipinski definition) is 3. The van der Waals surface area contributed by atoms with Crippen LogP contribution in [-0.4, -0.2) is 50.1 Å². The predicted octanol–water partition coefficient (Wildman–Crippen LogP) is 1.37. The van der Waals surface area contributed by atoms with Crippen LogP contribution in [0.15, 0.2) is 0 Å². The molecule has 1 unspecified atom stereocenters. The van der Waals surface area contributed by atoms with E-state index in [2.05, 4.69) is 22.5 Å². The van der Waals surface area contributed by atoms with E-state index in [1.54, 1.807) is 0 Å². The van der Waals surface area contributed by atoms with Gasteiger partial charge in [-0.2, -0.15) is 0 Å². The van der Waals surface area contributed by atoms with Crippen LogP contribution in [0.5, 0.6) is 0 Å². The molecule has 4 nitrogen and oxygen atoms in total. The van der Waals surface area contributed by atoms with Crippen molar-refractivity contribution in [2.45, 2.75) is 45.4 Å². The number of amides is 1. The highest BCUT2D eigenvalue weighted by molar-refractivity contribution is 5.83. The number of nitrogens with one attached hydrogen (secondary N) is 2. The quantitative estimate of drug-likeness (QED) is 0.764. The first-order valence-corrected chi connectivity index (χ1v) is 7.98. The highest BCUT2D eigenvalue weighted by atomic mass is 16.2. The second-order valence-electron chi connectivity index (χ2n) is 6.12. The average Bonchev–Trinajstić information content (AvgIpc) is 2.90. The van der Waals surface area contributed by atoms with E-state index in [0.29, 0.717) is 0 Å². The fourth-order valence-corrected chi connectivity index (χ4v) is 3.44. The largest absolute Gasteiger partial charge is 0.354 e. The zero-order valence-electron chi connectivity index (χ0n) is 12.3. The van der Waals surface area contributed by atoms with Gasteiger partial charge in [0.15, 0.2) is 0 Å². The van der Waals surface area contributed by atoms with Gasteiger partial charge >= 0.3 is 0 Å². The number of nitrogens with zero attached hydrogens (tertiary/aromatic N) is 1. The van der Waals surface area contributed by atoms with Gasteiger partial charge in [-0.25, -0.2) is 0 Å². The molecule has 0 spiro atoms. The third-order valence-electron chi connectivity index (χ3n) is 4.62. The lowest BCUT2D eigenvalue weighted by molar-refractivity contribution is -0.130. The number of carbonyl (C=O) groups excluding carboxylic acids is 1. The maximum atomic E-state index is 12.4. The summed E-state index contributed by atoms with van der Waals surface area (Å²) in [5.41, 5.74) is -0.128. The molecular weight excluding hydrogens is 238 g/mol. The normalized spacial score (nSPS) is 28.5. The zero-order valence-corrected chi connectivity index (χ0v) is 12.3. The minimum atomic E-state index is -0.128. The molecule has 2 N–H and O–H groups in total. The van der Waals surface area contributed by atoms with Crippen LogP contribution in [0.4, 0.5) is 0 Å². The summed E-state index contributed by atoms with van der Waals surface area (Å²) in [6, 6.07) is 0. The minimum Gasteiger partial charge on any atom is -0.354 e. The summed E-state index contributed by atoms with van der Waals surface area (Å²) < 4.78 is 0. The molecule has 2 heterocycles. The monoisotopic (exact) mass is 267 g/mol. The average molecular weight is 267 g/mol. The Kier molecular flexibility index (Phi) is 5.64. The summed E-state index contributed by atoms with van der Waals surface area (Å²) >= 11 is 0. The Morgan fingerprint density at radius 1 is 1.32 bits per heavy atom. The highest BCUT2D eigenvalue weighted by Crippen LogP contribution is 2.31. The van der Waals surface area contributed by atoms with Crippen LogP contribution in [0, 0.1) is 5.41 Å². The second kappa shape index (κ2) is 7.25. The molecule has 0 aliphatic carbocycles. The van der Waals surface area contributed by atoms with Gasteiger partial charge in [0.2, 0.25) is 5.91 Å². The number of hydrogen-bond donors (Lipinski definition) is 2. The summed E-state index contributed by atoms with van der Waals surface area (Å²) in [4.78, 5) is 14.9. The summed E-state index contributed by atoms with van der Waals surface area (Å²) in [5.74, 6) is 0.274. The van der Waals surface area contributed by atoms with Crippen molar-refractivity contribution < 1.29 is 4.79 Å². The van der Waals surface area contributed by atoms with Crippen molar-refractivity contribution in [3.63, 3.8) is 0 Å². The lowest BCUT2D eigenvalue weighted by atomic mass is 9.81. The lowest BCUT2D eigenvalue weighted by Gasteiger charge is -2.29. The summed E-state index contributed by atoms with van der Waals surface area (Å²) in [6.07, 6.45) is 7.09. The number of carbonyl (C=O) groups is 1. The second-order valence-corrected chi connectivity index (χ2v) is 6.12. The SMILES string of the molecule is CCCC1(C(=O)NCCN2CCCCC2)CCNC1. The Labute approximate surface area is 117 Å². The molecule has 1 amide bonds. The molecule has 0 aromatic rings. The Morgan fingerprint density at radius 2 is 2.11 bits per heavy atom. The summed E-state index contributed by atoms with van der Waals surface area (Å²) in [7, 11) is 0. The lowest BCUT2D eigenvalue weighted by Crippen LogP contribution is -2.45. The van der Waals surface area contributed by atoms with Crippen molar-refractivity contribution in [2.75, 3.05) is 39.3 Å². The third kappa shape index (κ3) is 3.93. The van der Waals surface area contributed by atoms with E-state index < -0.39 is 0 Å².